The van der Waals surface area contributed by atoms with E-state index < -0.39 is 0 Å². The summed E-state index contributed by atoms with van der Waals surface area (Å²) in [5.74, 6) is 1.16. The maximum Gasteiger partial charge on any atom is 0.239 e. The minimum absolute atomic E-state index is 0.456. The van der Waals surface area contributed by atoms with Gasteiger partial charge in [0, 0.05) is 10.2 Å². The Bertz CT molecular complexity index is 546. The van der Waals surface area contributed by atoms with Crippen molar-refractivity contribution in [2.75, 3.05) is 17.7 Å². The van der Waals surface area contributed by atoms with Crippen molar-refractivity contribution in [3.8, 4) is 5.88 Å². The number of nitrogens with two attached hydrogens (primary N) is 1. The fourth-order valence-corrected chi connectivity index (χ4v) is 1.89. The number of benzene rings is 1. The van der Waals surface area contributed by atoms with E-state index in [0.29, 0.717) is 24.0 Å². The molecular formula is C13H14BrN3O. The highest BCUT2D eigenvalue weighted by atomic mass is 79.9. The van der Waals surface area contributed by atoms with Crippen LogP contribution in [0.5, 0.6) is 5.88 Å². The van der Waals surface area contributed by atoms with Gasteiger partial charge in [-0.05, 0) is 37.3 Å². The van der Waals surface area contributed by atoms with Gasteiger partial charge in [0.15, 0.2) is 0 Å². The molecule has 0 aliphatic carbocycles. The maximum absolute atomic E-state index is 5.77. The monoisotopic (exact) mass is 307 g/mol. The number of aromatic nitrogens is 1. The first-order valence-corrected chi connectivity index (χ1v) is 6.40. The minimum Gasteiger partial charge on any atom is -0.476 e. The molecule has 1 heterocycles. The number of nitrogens with one attached hydrogen (secondary N) is 1. The molecule has 0 aliphatic heterocycles. The van der Waals surface area contributed by atoms with Crippen LogP contribution in [0, 0.1) is 0 Å². The van der Waals surface area contributed by atoms with Gasteiger partial charge in [0.1, 0.15) is 5.82 Å². The molecule has 3 N–H and O–H groups in total. The van der Waals surface area contributed by atoms with E-state index in [1.54, 1.807) is 6.07 Å². The summed E-state index contributed by atoms with van der Waals surface area (Å²) in [5, 5.41) is 3.19. The molecule has 0 radical (unpaired) electrons. The molecule has 0 spiro atoms. The maximum atomic E-state index is 5.77. The molecule has 4 nitrogen and oxygen atoms in total. The zero-order chi connectivity index (χ0) is 13.0. The van der Waals surface area contributed by atoms with Gasteiger partial charge in [-0.1, -0.05) is 22.0 Å². The van der Waals surface area contributed by atoms with Crippen LogP contribution in [0.3, 0.4) is 0 Å². The number of nitrogen functional groups attached to an aromatic ring is 1. The van der Waals surface area contributed by atoms with E-state index in [0.717, 1.165) is 10.2 Å². The first-order chi connectivity index (χ1) is 8.69. The van der Waals surface area contributed by atoms with E-state index in [4.69, 9.17) is 10.5 Å². The highest BCUT2D eigenvalue weighted by Gasteiger charge is 2.04. The van der Waals surface area contributed by atoms with Crippen LogP contribution >= 0.6 is 15.9 Å². The summed E-state index contributed by atoms with van der Waals surface area (Å²) in [4.78, 5) is 4.31. The molecule has 2 aromatic rings. The van der Waals surface area contributed by atoms with Crippen molar-refractivity contribution >= 4 is 33.1 Å². The molecule has 0 fully saturated rings. The number of rotatable bonds is 4. The molecule has 0 saturated carbocycles. The molecule has 0 atom stereocenters. The molecule has 1 aromatic carbocycles. The van der Waals surface area contributed by atoms with Gasteiger partial charge in [0.2, 0.25) is 5.88 Å². The molecule has 0 bridgehead atoms. The number of hydrogen-bond donors (Lipinski definition) is 2. The van der Waals surface area contributed by atoms with E-state index in [2.05, 4.69) is 26.2 Å². The van der Waals surface area contributed by atoms with E-state index in [1.807, 2.05) is 37.3 Å². The third kappa shape index (κ3) is 3.13. The second-order valence-electron chi connectivity index (χ2n) is 3.66. The third-order valence-corrected chi connectivity index (χ3v) is 2.76. The van der Waals surface area contributed by atoms with Crippen LogP contribution in [-0.4, -0.2) is 11.6 Å². The van der Waals surface area contributed by atoms with Gasteiger partial charge in [0.25, 0.3) is 0 Å². The lowest BCUT2D eigenvalue weighted by atomic mass is 10.3. The average Bonchev–Trinajstić information content (AvgIpc) is 2.34. The van der Waals surface area contributed by atoms with Gasteiger partial charge >= 0.3 is 0 Å². The summed E-state index contributed by atoms with van der Waals surface area (Å²) < 4.78 is 6.36. The molecule has 0 amide bonds. The SMILES string of the molecule is CCOc1nc(Nc2cccc(Br)c2)ccc1N. The minimum atomic E-state index is 0.456. The number of nitrogens with zero attached hydrogens (tertiary/aromatic N) is 1. The van der Waals surface area contributed by atoms with Crippen molar-refractivity contribution < 1.29 is 4.74 Å². The Morgan fingerprint density at radius 3 is 2.89 bits per heavy atom. The quantitative estimate of drug-likeness (QED) is 0.906. The number of hydrogen-bond acceptors (Lipinski definition) is 4. The fraction of sp³-hybridized carbons (Fsp3) is 0.154. The van der Waals surface area contributed by atoms with Crippen LogP contribution in [0.25, 0.3) is 0 Å². The zero-order valence-electron chi connectivity index (χ0n) is 9.98. The van der Waals surface area contributed by atoms with Crippen LogP contribution in [-0.2, 0) is 0 Å². The standard InChI is InChI=1S/C13H14BrN3O/c1-2-18-13-11(15)6-7-12(17-13)16-10-5-3-4-9(14)8-10/h3-8H,2,15H2,1H3,(H,16,17). The van der Waals surface area contributed by atoms with Crippen LogP contribution in [0.1, 0.15) is 6.92 Å². The van der Waals surface area contributed by atoms with Crippen molar-refractivity contribution in [1.29, 1.82) is 0 Å². The lowest BCUT2D eigenvalue weighted by Gasteiger charge is -2.10. The lowest BCUT2D eigenvalue weighted by Crippen LogP contribution is -2.02. The number of pyridine rings is 1. The Hall–Kier alpha value is -1.75. The summed E-state index contributed by atoms with van der Waals surface area (Å²) >= 11 is 3.42. The third-order valence-electron chi connectivity index (χ3n) is 2.27. The molecule has 94 valence electrons. The highest BCUT2D eigenvalue weighted by molar-refractivity contribution is 9.10. The van der Waals surface area contributed by atoms with Crippen molar-refractivity contribution in [2.24, 2.45) is 0 Å². The number of halogens is 1. The normalized spacial score (nSPS) is 10.1. The molecule has 2 rings (SSSR count). The molecule has 18 heavy (non-hydrogen) atoms. The Morgan fingerprint density at radius 2 is 2.17 bits per heavy atom. The summed E-state index contributed by atoms with van der Waals surface area (Å²) in [6.07, 6.45) is 0. The van der Waals surface area contributed by atoms with E-state index in [9.17, 15) is 0 Å². The van der Waals surface area contributed by atoms with Gasteiger partial charge < -0.3 is 15.8 Å². The molecule has 0 aliphatic rings. The van der Waals surface area contributed by atoms with Crippen molar-refractivity contribution in [3.05, 3.63) is 40.9 Å². The molecule has 0 saturated heterocycles. The van der Waals surface area contributed by atoms with E-state index in [1.165, 1.54) is 0 Å². The Morgan fingerprint density at radius 1 is 1.33 bits per heavy atom. The van der Waals surface area contributed by atoms with Gasteiger partial charge in [-0.2, -0.15) is 4.98 Å². The smallest absolute Gasteiger partial charge is 0.239 e. The first kappa shape index (κ1) is 12.7. The largest absolute Gasteiger partial charge is 0.476 e. The van der Waals surface area contributed by atoms with Crippen LogP contribution < -0.4 is 15.8 Å². The summed E-state index contributed by atoms with van der Waals surface area (Å²) in [7, 11) is 0. The first-order valence-electron chi connectivity index (χ1n) is 5.61. The van der Waals surface area contributed by atoms with Crippen LogP contribution in [0.4, 0.5) is 17.2 Å². The molecule has 0 unspecified atom stereocenters. The second-order valence-corrected chi connectivity index (χ2v) is 4.57. The number of anilines is 3. The predicted octanol–water partition coefficient (Wildman–Crippen LogP) is 3.57. The van der Waals surface area contributed by atoms with Crippen molar-refractivity contribution in [2.45, 2.75) is 6.92 Å². The van der Waals surface area contributed by atoms with Gasteiger partial charge in [-0.25, -0.2) is 0 Å². The Kier molecular flexibility index (Phi) is 4.04. The predicted molar refractivity (Wildman–Crippen MR) is 77.2 cm³/mol. The average molecular weight is 308 g/mol. The summed E-state index contributed by atoms with van der Waals surface area (Å²) in [6, 6.07) is 11.4. The van der Waals surface area contributed by atoms with Gasteiger partial charge in [0.05, 0.1) is 12.3 Å². The molecular weight excluding hydrogens is 294 g/mol. The number of ether oxygens (including phenoxy) is 1. The fourth-order valence-electron chi connectivity index (χ4n) is 1.49. The van der Waals surface area contributed by atoms with E-state index >= 15 is 0 Å². The summed E-state index contributed by atoms with van der Waals surface area (Å²) in [5.41, 5.74) is 7.26. The van der Waals surface area contributed by atoms with Crippen molar-refractivity contribution in [3.63, 3.8) is 0 Å². The molecule has 5 heteroatoms. The molecule has 1 aromatic heterocycles. The Labute approximate surface area is 114 Å². The second kappa shape index (κ2) is 5.73. The van der Waals surface area contributed by atoms with Gasteiger partial charge in [-0.15, -0.1) is 0 Å². The van der Waals surface area contributed by atoms with Crippen molar-refractivity contribution in [1.82, 2.24) is 4.98 Å². The highest BCUT2D eigenvalue weighted by Crippen LogP contribution is 2.24. The Balaban J connectivity index is 2.21. The topological polar surface area (TPSA) is 60.2 Å². The van der Waals surface area contributed by atoms with Gasteiger partial charge in [-0.3, -0.25) is 0 Å². The van der Waals surface area contributed by atoms with Crippen LogP contribution in [0.15, 0.2) is 40.9 Å². The van der Waals surface area contributed by atoms with E-state index in [-0.39, 0.29) is 0 Å². The van der Waals surface area contributed by atoms with Crippen LogP contribution in [0.2, 0.25) is 0 Å². The zero-order valence-corrected chi connectivity index (χ0v) is 11.6. The lowest BCUT2D eigenvalue weighted by molar-refractivity contribution is 0.329. The summed E-state index contributed by atoms with van der Waals surface area (Å²) in [6.45, 7) is 2.44.